The number of hydrogen-bond acceptors (Lipinski definition) is 14. The summed E-state index contributed by atoms with van der Waals surface area (Å²) in [6.45, 7) is 16.0. The maximum Gasteiger partial charge on any atom is 0.327 e. The number of anilines is 2. The number of H-pyrrole nitrogens is 4. The number of rotatable bonds is 0. The van der Waals surface area contributed by atoms with Gasteiger partial charge in [-0.05, 0) is 169 Å². The van der Waals surface area contributed by atoms with E-state index in [0.29, 0.717) is 81.4 Å². The number of benzene rings is 8. The predicted octanol–water partition coefficient (Wildman–Crippen LogP) is 13.1. The second-order valence-electron chi connectivity index (χ2n) is 23.5. The molecule has 8 N–H and O–H groups in total. The van der Waals surface area contributed by atoms with Gasteiger partial charge in [-0.1, -0.05) is 199 Å². The van der Waals surface area contributed by atoms with Crippen molar-refractivity contribution < 1.29 is 5.48 Å². The van der Waals surface area contributed by atoms with E-state index < -0.39 is 16.8 Å². The summed E-state index contributed by atoms with van der Waals surface area (Å²) in [5.41, 5.74) is 22.8. The number of fused-ring (bicyclic) bond motifs is 4. The van der Waals surface area contributed by atoms with Crippen LogP contribution in [0.25, 0.3) is 44.7 Å². The Labute approximate surface area is 688 Å². The van der Waals surface area contributed by atoms with Crippen molar-refractivity contribution in [3.05, 3.63) is 363 Å². The molecule has 0 aliphatic heterocycles. The van der Waals surface area contributed by atoms with E-state index in [9.17, 15) is 19.2 Å². The largest absolute Gasteiger partial charge is 0.382 e. The third-order valence-electron chi connectivity index (χ3n) is 16.0. The Bertz CT molecular complexity index is 7220. The van der Waals surface area contributed by atoms with Crippen LogP contribution in [0.15, 0.2) is 250 Å². The van der Waals surface area contributed by atoms with Crippen molar-refractivity contribution in [3.8, 4) is 94.7 Å². The third-order valence-corrected chi connectivity index (χ3v) is 16.0. The summed E-state index contributed by atoms with van der Waals surface area (Å²) in [5.74, 6) is 50.9. The van der Waals surface area contributed by atoms with Gasteiger partial charge in [-0.2, -0.15) is 4.98 Å². The van der Waals surface area contributed by atoms with Gasteiger partial charge in [-0.15, -0.1) is 0 Å². The average molecular weight is 1560 g/mol. The lowest BCUT2D eigenvalue weighted by Gasteiger charge is -1.95. The Kier molecular flexibility index (Phi) is 29.0. The molecular weight excluding hydrogens is 1470 g/mol. The summed E-state index contributed by atoms with van der Waals surface area (Å²) in [6.07, 6.45) is 2.77. The van der Waals surface area contributed by atoms with Crippen LogP contribution < -0.4 is 33.8 Å². The second-order valence-corrected chi connectivity index (χ2v) is 23.5. The molecule has 0 bridgehead atoms. The molecule has 22 nitrogen and oxygen atoms in total. The normalized spacial score (nSPS) is 10.0. The van der Waals surface area contributed by atoms with Crippen molar-refractivity contribution in [2.75, 3.05) is 11.5 Å². The highest BCUT2D eigenvalue weighted by atomic mass is 16.2. The second kappa shape index (κ2) is 43.2. The number of imidazole rings is 4. The van der Waals surface area contributed by atoms with Crippen LogP contribution in [-0.2, 0) is 28.2 Å². The summed E-state index contributed by atoms with van der Waals surface area (Å²) in [4.78, 5) is 90.1. The minimum atomic E-state index is -0.586. The first-order valence-electron chi connectivity index (χ1n) is 39.3. The molecular formula is C96H82N18O4. The van der Waals surface area contributed by atoms with Gasteiger partial charge in [0, 0.05) is 95.0 Å². The number of nitrogens with zero attached hydrogens (tertiary/aromatic N) is 12. The van der Waals surface area contributed by atoms with Crippen molar-refractivity contribution in [1.29, 1.82) is 0 Å². The minimum Gasteiger partial charge on any atom is -0.382 e. The standard InChI is InChI=1S/C22H15N5O.C22H15N5.C22H14N4O2.C22H14N4O.4C2H6/c1-27-18(24-19-20(27)25-22(23)26-21(19)28)14-13-17-11-9-16(10-12-17)8-7-15-5-3-2-4-6-15;1-27-19(26-20-21(23)24-15-25-22(20)27)14-13-18-11-9-17(10-12-18)8-7-16-5-3-2-4-6-16;1-26-18(23-19-20(26)24-22(28)25-21(19)27)14-13-17-11-9-16(10-12-17)8-7-15-5-3-2-4-6-15;1-26-19(25-20-21(26)23-15-24-22(20)27)14-13-18-11-9-17(10-12-18)8-7-16-5-3-2-4-6-16;4*1-2/h2-6,9-12H,1H3,(H3,23,25,26,28);2-6,9-12,15H,1H3,(H2,23,24,25);2-6,9-12H,1H3,(H2,24,25,27,28);2-6,9-12,15H,1H3,(H,23,24,27);4*1-2H3/i4*2T;;;;. The summed E-state index contributed by atoms with van der Waals surface area (Å²) in [7, 11) is 7.04. The molecule has 16 aromatic rings. The quantitative estimate of drug-likeness (QED) is 0.0770. The zero-order valence-corrected chi connectivity index (χ0v) is 66.8. The summed E-state index contributed by atoms with van der Waals surface area (Å²) in [6, 6.07) is 60.3. The first kappa shape index (κ1) is 79.3. The molecule has 0 radical (unpaired) electrons. The van der Waals surface area contributed by atoms with Gasteiger partial charge in [0.2, 0.25) is 5.95 Å². The van der Waals surface area contributed by atoms with Gasteiger partial charge in [-0.3, -0.25) is 29.3 Å². The number of nitrogen functional groups attached to an aromatic ring is 2. The van der Waals surface area contributed by atoms with E-state index >= 15 is 0 Å². The van der Waals surface area contributed by atoms with Crippen LogP contribution in [0.2, 0.25) is 0 Å². The number of aromatic amines is 4. The minimum absolute atomic E-state index is 0.0392. The molecule has 118 heavy (non-hydrogen) atoms. The van der Waals surface area contributed by atoms with Crippen LogP contribution in [0.5, 0.6) is 0 Å². The van der Waals surface area contributed by atoms with Gasteiger partial charge in [-0.25, -0.2) is 39.7 Å². The molecule has 8 aromatic carbocycles. The molecule has 580 valence electrons. The highest BCUT2D eigenvalue weighted by Crippen LogP contribution is 2.17. The van der Waals surface area contributed by atoms with Crippen molar-refractivity contribution in [1.82, 2.24) is 78.1 Å². The fourth-order valence-electron chi connectivity index (χ4n) is 10.2. The number of aromatic nitrogens is 16. The Morgan fingerprint density at radius 3 is 0.898 bits per heavy atom. The maximum absolute atomic E-state index is 11.9. The van der Waals surface area contributed by atoms with Crippen molar-refractivity contribution in [2.45, 2.75) is 55.4 Å². The third kappa shape index (κ3) is 23.2. The summed E-state index contributed by atoms with van der Waals surface area (Å²) < 4.78 is 36.6. The zero-order valence-electron chi connectivity index (χ0n) is 70.8. The molecule has 16 rings (SSSR count). The van der Waals surface area contributed by atoms with Gasteiger partial charge in [0.15, 0.2) is 68.1 Å². The Morgan fingerprint density at radius 1 is 0.297 bits per heavy atom. The molecule has 8 aromatic heterocycles. The fourth-order valence-corrected chi connectivity index (χ4v) is 10.2. The van der Waals surface area contributed by atoms with Crippen LogP contribution in [0.3, 0.4) is 0 Å². The smallest absolute Gasteiger partial charge is 0.327 e. The SMILES string of the molecule is CC.CC.CC.CC.[3H]c1ccc(C#Cc2ccc(C#Cc3nc4c(=O)[nH]c(=O)[nH]c4n3C)cc2)cc1.[3H]c1ccc(C#Cc2ccc(C#Cc3nc4c(=O)[nH]c(N)nc4n3C)cc2)cc1.[3H]c1ccc(C#Cc2ccc(C#Cc3nc4c(=O)[nH]cnc4n3C)cc2)cc1.[3H]c1ccc(C#Cc2ccc(C#Cc3nc4c(N)ncnc4n3C)cc2)cc1. The molecule has 0 fully saturated rings. The van der Waals surface area contributed by atoms with Crippen molar-refractivity contribution in [3.63, 3.8) is 0 Å². The Hall–Kier alpha value is -16.8. The predicted molar refractivity (Wildman–Crippen MR) is 470 cm³/mol. The van der Waals surface area contributed by atoms with E-state index in [1.807, 2.05) is 208 Å². The van der Waals surface area contributed by atoms with Crippen molar-refractivity contribution in [2.24, 2.45) is 28.2 Å². The molecule has 22 heteroatoms. The molecule has 0 saturated carbocycles. The lowest BCUT2D eigenvalue weighted by molar-refractivity contribution is 0.901. The monoisotopic (exact) mass is 1560 g/mol. The molecule has 8 heterocycles. The summed E-state index contributed by atoms with van der Waals surface area (Å²) >= 11 is 0. The van der Waals surface area contributed by atoms with E-state index in [0.717, 1.165) is 66.8 Å². The summed E-state index contributed by atoms with van der Waals surface area (Å²) in [5, 5.41) is 0. The molecule has 0 amide bonds. The van der Waals surface area contributed by atoms with E-state index in [-0.39, 0.29) is 28.1 Å². The van der Waals surface area contributed by atoms with Gasteiger partial charge in [0.05, 0.1) is 11.8 Å². The van der Waals surface area contributed by atoms with Crippen LogP contribution in [-0.4, -0.2) is 78.1 Å². The van der Waals surface area contributed by atoms with E-state index in [2.05, 4.69) is 155 Å². The highest BCUT2D eigenvalue weighted by molar-refractivity contribution is 5.82. The number of nitrogens with one attached hydrogen (secondary N) is 4. The van der Waals surface area contributed by atoms with Gasteiger partial charge < -0.3 is 34.7 Å². The molecule has 0 aliphatic carbocycles. The molecule has 0 atom stereocenters. The van der Waals surface area contributed by atoms with Crippen LogP contribution in [0, 0.1) is 94.7 Å². The van der Waals surface area contributed by atoms with Gasteiger partial charge in [0.1, 0.15) is 12.0 Å². The lowest BCUT2D eigenvalue weighted by atomic mass is 10.1. The number of nitrogens with two attached hydrogens (primary N) is 2. The number of hydrogen-bond donors (Lipinski definition) is 6. The fraction of sp³-hybridized carbons (Fsp3) is 0.125. The van der Waals surface area contributed by atoms with Crippen LogP contribution in [0.1, 0.15) is 151 Å². The zero-order chi connectivity index (χ0) is 87.8. The molecule has 0 aliphatic rings. The maximum atomic E-state index is 11.9. The first-order valence-corrected chi connectivity index (χ1v) is 37.3. The molecule has 0 saturated heterocycles. The van der Waals surface area contributed by atoms with Crippen LogP contribution in [0.4, 0.5) is 11.8 Å². The first-order chi connectivity index (χ1) is 59.2. The molecule has 0 unspecified atom stereocenters. The van der Waals surface area contributed by atoms with E-state index in [1.54, 1.807) is 87.9 Å². The average Bonchev–Trinajstić information content (AvgIpc) is 1.66. The van der Waals surface area contributed by atoms with E-state index in [1.165, 1.54) is 12.7 Å². The Morgan fingerprint density at radius 2 is 0.568 bits per heavy atom. The van der Waals surface area contributed by atoms with Gasteiger partial charge in [0.25, 0.3) is 16.7 Å². The van der Waals surface area contributed by atoms with E-state index in [4.69, 9.17) is 17.0 Å². The van der Waals surface area contributed by atoms with Gasteiger partial charge >= 0.3 is 5.69 Å². The molecule has 0 spiro atoms. The van der Waals surface area contributed by atoms with Crippen molar-refractivity contribution >= 4 is 56.4 Å². The van der Waals surface area contributed by atoms with Crippen LogP contribution >= 0.6 is 0 Å². The topological polar surface area (TPSA) is 306 Å². The number of aryl methyl sites for hydroxylation is 4. The lowest BCUT2D eigenvalue weighted by Crippen LogP contribution is -2.22. The highest BCUT2D eigenvalue weighted by Gasteiger charge is 2.15. The Balaban J connectivity index is 0.000000180.